The molecule has 0 bridgehead atoms. The maximum Gasteiger partial charge on any atom is 0.284 e. The Morgan fingerprint density at radius 3 is 2.29 bits per heavy atom. The van der Waals surface area contributed by atoms with Crippen LogP contribution in [0.4, 0.5) is 14.5 Å². The van der Waals surface area contributed by atoms with E-state index in [0.717, 1.165) is 40.9 Å². The average Bonchev–Trinajstić information content (AvgIpc) is 2.98. The SMILES string of the molecule is C=CCN1C(=O)C(CC(=O)Nc2ccc(F)cc2)S/C1=N/S(=O)(=O)c1ccc(F)cc1. The Labute approximate surface area is 181 Å². The van der Waals surface area contributed by atoms with Gasteiger partial charge in [0.15, 0.2) is 5.17 Å². The molecule has 1 heterocycles. The number of carbonyl (C=O) groups is 2. The Morgan fingerprint density at radius 2 is 1.71 bits per heavy atom. The number of anilines is 1. The molecule has 1 atom stereocenters. The molecule has 1 N–H and O–H groups in total. The van der Waals surface area contributed by atoms with Gasteiger partial charge in [-0.1, -0.05) is 17.8 Å². The summed E-state index contributed by atoms with van der Waals surface area (Å²) in [5, 5.41) is 1.55. The molecule has 0 aromatic heterocycles. The third kappa shape index (κ3) is 5.56. The Hall–Kier alpha value is -3.05. The Balaban J connectivity index is 1.78. The van der Waals surface area contributed by atoms with Gasteiger partial charge in [0.05, 0.1) is 4.90 Å². The first-order valence-electron chi connectivity index (χ1n) is 8.94. The van der Waals surface area contributed by atoms with Crippen LogP contribution < -0.4 is 5.32 Å². The van der Waals surface area contributed by atoms with E-state index in [9.17, 15) is 26.8 Å². The van der Waals surface area contributed by atoms with Gasteiger partial charge < -0.3 is 5.32 Å². The van der Waals surface area contributed by atoms with Crippen LogP contribution >= 0.6 is 11.8 Å². The number of carbonyl (C=O) groups excluding carboxylic acids is 2. The summed E-state index contributed by atoms with van der Waals surface area (Å²) in [5.41, 5.74) is 0.359. The molecular weight excluding hydrogens is 448 g/mol. The smallest absolute Gasteiger partial charge is 0.284 e. The zero-order chi connectivity index (χ0) is 22.6. The molecule has 0 spiro atoms. The van der Waals surface area contributed by atoms with E-state index in [0.29, 0.717) is 5.69 Å². The summed E-state index contributed by atoms with van der Waals surface area (Å²) in [6.45, 7) is 3.55. The number of sulfonamides is 1. The van der Waals surface area contributed by atoms with Gasteiger partial charge in [-0.2, -0.15) is 8.42 Å². The summed E-state index contributed by atoms with van der Waals surface area (Å²) in [7, 11) is -4.20. The number of benzene rings is 2. The zero-order valence-electron chi connectivity index (χ0n) is 16.0. The normalized spacial score (nSPS) is 17.7. The lowest BCUT2D eigenvalue weighted by Crippen LogP contribution is -2.33. The predicted molar refractivity (Wildman–Crippen MR) is 114 cm³/mol. The molecule has 2 aromatic carbocycles. The van der Waals surface area contributed by atoms with Crippen LogP contribution in [0.2, 0.25) is 0 Å². The van der Waals surface area contributed by atoms with Crippen LogP contribution in [0, 0.1) is 11.6 Å². The molecule has 3 rings (SSSR count). The molecule has 1 unspecified atom stereocenters. The maximum absolute atomic E-state index is 13.1. The van der Waals surface area contributed by atoms with E-state index in [4.69, 9.17) is 0 Å². The van der Waals surface area contributed by atoms with Gasteiger partial charge in [0.25, 0.3) is 10.0 Å². The molecule has 0 saturated carbocycles. The highest BCUT2D eigenvalue weighted by atomic mass is 32.2. The number of nitrogens with one attached hydrogen (secondary N) is 1. The van der Waals surface area contributed by atoms with Crippen molar-refractivity contribution < 1.29 is 26.8 Å². The molecule has 1 aliphatic heterocycles. The third-order valence-electron chi connectivity index (χ3n) is 4.14. The predicted octanol–water partition coefficient (Wildman–Crippen LogP) is 3.17. The van der Waals surface area contributed by atoms with Crippen LogP contribution in [0.3, 0.4) is 0 Å². The van der Waals surface area contributed by atoms with Crippen LogP contribution in [-0.4, -0.2) is 42.1 Å². The van der Waals surface area contributed by atoms with Crippen LogP contribution in [0.25, 0.3) is 0 Å². The van der Waals surface area contributed by atoms with Crippen molar-refractivity contribution in [3.05, 3.63) is 72.8 Å². The summed E-state index contributed by atoms with van der Waals surface area (Å²) >= 11 is 0.837. The summed E-state index contributed by atoms with van der Waals surface area (Å²) < 4.78 is 54.9. The largest absolute Gasteiger partial charge is 0.326 e. The summed E-state index contributed by atoms with van der Waals surface area (Å²) in [5.74, 6) is -2.05. The van der Waals surface area contributed by atoms with Crippen molar-refractivity contribution in [1.82, 2.24) is 4.90 Å². The minimum absolute atomic E-state index is 0.000312. The van der Waals surface area contributed by atoms with Gasteiger partial charge in [-0.05, 0) is 48.5 Å². The molecule has 1 aliphatic rings. The van der Waals surface area contributed by atoms with E-state index in [1.54, 1.807) is 0 Å². The molecule has 162 valence electrons. The van der Waals surface area contributed by atoms with Crippen LogP contribution in [0.15, 0.2) is 70.5 Å². The molecule has 0 aliphatic carbocycles. The van der Waals surface area contributed by atoms with E-state index < -0.39 is 38.7 Å². The lowest BCUT2D eigenvalue weighted by molar-refractivity contribution is -0.127. The zero-order valence-corrected chi connectivity index (χ0v) is 17.6. The van der Waals surface area contributed by atoms with Gasteiger partial charge in [-0.15, -0.1) is 11.0 Å². The molecule has 31 heavy (non-hydrogen) atoms. The molecule has 7 nitrogen and oxygen atoms in total. The Morgan fingerprint density at radius 1 is 1.13 bits per heavy atom. The first-order valence-corrected chi connectivity index (χ1v) is 11.3. The molecule has 1 fully saturated rings. The molecular formula is C20H17F2N3O4S2. The van der Waals surface area contributed by atoms with Crippen molar-refractivity contribution >= 4 is 44.5 Å². The van der Waals surface area contributed by atoms with Crippen molar-refractivity contribution in [2.24, 2.45) is 4.40 Å². The Bertz CT molecular complexity index is 1130. The standard InChI is InChI=1S/C20H17F2N3O4S2/c1-2-11-25-19(27)17(12-18(26)23-15-7-3-13(21)4-8-15)30-20(25)24-31(28,29)16-9-5-14(22)6-10-16/h2-10,17H,1,11-12H2,(H,23,26)/b24-20+. The second-order valence-electron chi connectivity index (χ2n) is 6.41. The van der Waals surface area contributed by atoms with Gasteiger partial charge in [0.1, 0.15) is 16.9 Å². The number of halogens is 2. The fourth-order valence-corrected chi connectivity index (χ4v) is 5.05. The van der Waals surface area contributed by atoms with Crippen LogP contribution in [-0.2, 0) is 19.6 Å². The third-order valence-corrected chi connectivity index (χ3v) is 6.71. The van der Waals surface area contributed by atoms with Gasteiger partial charge >= 0.3 is 0 Å². The Kier molecular flexibility index (Phi) is 6.86. The van der Waals surface area contributed by atoms with Crippen molar-refractivity contribution in [1.29, 1.82) is 0 Å². The second kappa shape index (κ2) is 9.40. The lowest BCUT2D eigenvalue weighted by Gasteiger charge is -2.13. The number of rotatable bonds is 7. The topological polar surface area (TPSA) is 95.9 Å². The summed E-state index contributed by atoms with van der Waals surface area (Å²) in [6.07, 6.45) is 1.16. The summed E-state index contributed by atoms with van der Waals surface area (Å²) in [6, 6.07) is 9.24. The first-order chi connectivity index (χ1) is 14.7. The van der Waals surface area contributed by atoms with Crippen LogP contribution in [0.5, 0.6) is 0 Å². The lowest BCUT2D eigenvalue weighted by atomic mass is 10.2. The number of nitrogens with zero attached hydrogens (tertiary/aromatic N) is 2. The van der Waals surface area contributed by atoms with Crippen molar-refractivity contribution in [2.75, 3.05) is 11.9 Å². The monoisotopic (exact) mass is 465 g/mol. The van der Waals surface area contributed by atoms with E-state index in [2.05, 4.69) is 16.3 Å². The van der Waals surface area contributed by atoms with E-state index in [1.165, 1.54) is 30.3 Å². The number of hydrogen-bond acceptors (Lipinski definition) is 5. The van der Waals surface area contributed by atoms with Gasteiger partial charge in [-0.25, -0.2) is 8.78 Å². The number of thioether (sulfide) groups is 1. The van der Waals surface area contributed by atoms with Gasteiger partial charge in [-0.3, -0.25) is 14.5 Å². The molecule has 0 radical (unpaired) electrons. The number of amides is 2. The molecule has 2 amide bonds. The fraction of sp³-hybridized carbons (Fsp3) is 0.150. The highest BCUT2D eigenvalue weighted by Crippen LogP contribution is 2.31. The highest BCUT2D eigenvalue weighted by molar-refractivity contribution is 8.16. The van der Waals surface area contributed by atoms with Gasteiger partial charge in [0.2, 0.25) is 11.8 Å². The van der Waals surface area contributed by atoms with Gasteiger partial charge in [0, 0.05) is 18.7 Å². The maximum atomic E-state index is 13.1. The molecule has 2 aromatic rings. The minimum Gasteiger partial charge on any atom is -0.326 e. The van der Waals surface area contributed by atoms with E-state index in [-0.39, 0.29) is 23.0 Å². The second-order valence-corrected chi connectivity index (χ2v) is 9.18. The summed E-state index contributed by atoms with van der Waals surface area (Å²) in [4.78, 5) is 25.9. The number of amidine groups is 1. The minimum atomic E-state index is -4.20. The highest BCUT2D eigenvalue weighted by Gasteiger charge is 2.39. The quantitative estimate of drug-likeness (QED) is 0.634. The fourth-order valence-electron chi connectivity index (χ4n) is 2.68. The number of hydrogen-bond donors (Lipinski definition) is 1. The average molecular weight is 466 g/mol. The van der Waals surface area contributed by atoms with E-state index >= 15 is 0 Å². The molecule has 1 saturated heterocycles. The first kappa shape index (κ1) is 22.6. The van der Waals surface area contributed by atoms with Crippen molar-refractivity contribution in [3.8, 4) is 0 Å². The van der Waals surface area contributed by atoms with Crippen molar-refractivity contribution in [3.63, 3.8) is 0 Å². The van der Waals surface area contributed by atoms with Crippen molar-refractivity contribution in [2.45, 2.75) is 16.6 Å². The van der Waals surface area contributed by atoms with Crippen LogP contribution in [0.1, 0.15) is 6.42 Å². The van der Waals surface area contributed by atoms with E-state index in [1.807, 2.05) is 0 Å². The molecule has 11 heteroatoms.